The molecule has 0 saturated carbocycles. The van der Waals surface area contributed by atoms with Gasteiger partial charge in [-0.15, -0.1) is 0 Å². The van der Waals surface area contributed by atoms with Gasteiger partial charge in [-0.2, -0.15) is 4.31 Å². The van der Waals surface area contributed by atoms with Crippen LogP contribution >= 0.6 is 11.6 Å². The van der Waals surface area contributed by atoms with Crippen LogP contribution < -0.4 is 0 Å². The number of carboxylic acids is 1. The molecule has 2 rings (SSSR count). The van der Waals surface area contributed by atoms with Gasteiger partial charge in [0, 0.05) is 26.2 Å². The SMILES string of the molecule is CCN1CCN(S(=O)(=O)c2ccc(Cl)c(C(=O)O)c2)CC1. The molecule has 21 heavy (non-hydrogen) atoms. The van der Waals surface area contributed by atoms with E-state index in [4.69, 9.17) is 16.7 Å². The fraction of sp³-hybridized carbons (Fsp3) is 0.462. The first kappa shape index (κ1) is 16.2. The Bertz CT molecular complexity index is 640. The number of carboxylic acid groups (broad SMARTS) is 1. The van der Waals surface area contributed by atoms with Crippen LogP contribution in [-0.4, -0.2) is 61.4 Å². The Kier molecular flexibility index (Phi) is 4.88. The molecule has 1 N–H and O–H groups in total. The first-order valence-electron chi connectivity index (χ1n) is 6.61. The number of carbonyl (C=O) groups is 1. The molecule has 1 aliphatic heterocycles. The van der Waals surface area contributed by atoms with Crippen LogP contribution in [0.1, 0.15) is 17.3 Å². The number of sulfonamides is 1. The zero-order chi connectivity index (χ0) is 15.6. The molecule has 1 aliphatic rings. The van der Waals surface area contributed by atoms with Crippen molar-refractivity contribution in [1.82, 2.24) is 9.21 Å². The zero-order valence-corrected chi connectivity index (χ0v) is 13.2. The average Bonchev–Trinajstić information content (AvgIpc) is 2.47. The minimum Gasteiger partial charge on any atom is -0.478 e. The maximum Gasteiger partial charge on any atom is 0.337 e. The Hall–Kier alpha value is -1.15. The van der Waals surface area contributed by atoms with Crippen LogP contribution in [0.25, 0.3) is 0 Å². The van der Waals surface area contributed by atoms with Crippen LogP contribution in [0.4, 0.5) is 0 Å². The largest absolute Gasteiger partial charge is 0.478 e. The molecule has 0 amide bonds. The number of rotatable bonds is 4. The minimum atomic E-state index is -3.68. The van der Waals surface area contributed by atoms with E-state index >= 15 is 0 Å². The monoisotopic (exact) mass is 332 g/mol. The second kappa shape index (κ2) is 6.31. The molecule has 1 aromatic carbocycles. The molecule has 0 spiro atoms. The minimum absolute atomic E-state index is 0.0252. The third-order valence-electron chi connectivity index (χ3n) is 3.58. The third kappa shape index (κ3) is 3.37. The van der Waals surface area contributed by atoms with Gasteiger partial charge in [0.25, 0.3) is 0 Å². The fourth-order valence-corrected chi connectivity index (χ4v) is 3.91. The number of halogens is 1. The van der Waals surface area contributed by atoms with E-state index < -0.39 is 16.0 Å². The Morgan fingerprint density at radius 3 is 2.43 bits per heavy atom. The maximum absolute atomic E-state index is 12.5. The number of benzene rings is 1. The molecule has 0 bridgehead atoms. The van der Waals surface area contributed by atoms with Gasteiger partial charge in [-0.3, -0.25) is 0 Å². The number of likely N-dealkylation sites (N-methyl/N-ethyl adjacent to an activating group) is 1. The molecule has 0 aliphatic carbocycles. The Labute approximate surface area is 129 Å². The maximum atomic E-state index is 12.5. The van der Waals surface area contributed by atoms with Crippen molar-refractivity contribution in [1.29, 1.82) is 0 Å². The molecule has 0 atom stereocenters. The lowest BCUT2D eigenvalue weighted by Crippen LogP contribution is -2.48. The van der Waals surface area contributed by atoms with Crippen molar-refractivity contribution in [2.75, 3.05) is 32.7 Å². The van der Waals surface area contributed by atoms with E-state index in [1.54, 1.807) is 0 Å². The quantitative estimate of drug-likeness (QED) is 0.901. The van der Waals surface area contributed by atoms with Gasteiger partial charge < -0.3 is 10.0 Å². The molecule has 6 nitrogen and oxygen atoms in total. The van der Waals surface area contributed by atoms with Gasteiger partial charge in [-0.05, 0) is 24.7 Å². The number of hydrogen-bond donors (Lipinski definition) is 1. The highest BCUT2D eigenvalue weighted by molar-refractivity contribution is 7.89. The number of hydrogen-bond acceptors (Lipinski definition) is 4. The average molecular weight is 333 g/mol. The van der Waals surface area contributed by atoms with Crippen molar-refractivity contribution < 1.29 is 18.3 Å². The fourth-order valence-electron chi connectivity index (χ4n) is 2.26. The van der Waals surface area contributed by atoms with E-state index in [0.29, 0.717) is 26.2 Å². The number of piperazine rings is 1. The summed E-state index contributed by atoms with van der Waals surface area (Å²) in [5, 5.41) is 9.06. The zero-order valence-electron chi connectivity index (χ0n) is 11.6. The lowest BCUT2D eigenvalue weighted by atomic mass is 10.2. The van der Waals surface area contributed by atoms with E-state index in [0.717, 1.165) is 12.6 Å². The third-order valence-corrected chi connectivity index (χ3v) is 5.81. The molecule has 0 radical (unpaired) electrons. The predicted molar refractivity (Wildman–Crippen MR) is 79.3 cm³/mol. The summed E-state index contributed by atoms with van der Waals surface area (Å²) in [6.45, 7) is 5.08. The molecule has 0 unspecified atom stereocenters. The Balaban J connectivity index is 2.28. The summed E-state index contributed by atoms with van der Waals surface area (Å²) in [6.07, 6.45) is 0. The van der Waals surface area contributed by atoms with Gasteiger partial charge >= 0.3 is 5.97 Å². The van der Waals surface area contributed by atoms with Crippen molar-refractivity contribution >= 4 is 27.6 Å². The second-order valence-electron chi connectivity index (χ2n) is 4.79. The van der Waals surface area contributed by atoms with E-state index in [9.17, 15) is 13.2 Å². The predicted octanol–water partition coefficient (Wildman–Crippen LogP) is 1.36. The van der Waals surface area contributed by atoms with E-state index in [2.05, 4.69) is 4.90 Å². The molecular weight excluding hydrogens is 316 g/mol. The highest BCUT2D eigenvalue weighted by atomic mass is 35.5. The molecule has 8 heteroatoms. The van der Waals surface area contributed by atoms with Crippen molar-refractivity contribution in [3.8, 4) is 0 Å². The Morgan fingerprint density at radius 1 is 1.29 bits per heavy atom. The van der Waals surface area contributed by atoms with Crippen LogP contribution in [-0.2, 0) is 10.0 Å². The highest BCUT2D eigenvalue weighted by Crippen LogP contribution is 2.23. The normalized spacial score (nSPS) is 17.8. The summed E-state index contributed by atoms with van der Waals surface area (Å²) in [4.78, 5) is 13.2. The summed E-state index contributed by atoms with van der Waals surface area (Å²) < 4.78 is 26.5. The van der Waals surface area contributed by atoms with Crippen LogP contribution in [0.3, 0.4) is 0 Å². The molecule has 1 aromatic rings. The van der Waals surface area contributed by atoms with Gasteiger partial charge in [-0.1, -0.05) is 18.5 Å². The van der Waals surface area contributed by atoms with Crippen molar-refractivity contribution in [2.45, 2.75) is 11.8 Å². The molecule has 1 saturated heterocycles. The first-order chi connectivity index (χ1) is 9.86. The van der Waals surface area contributed by atoms with Gasteiger partial charge in [0.1, 0.15) is 0 Å². The topological polar surface area (TPSA) is 77.9 Å². The summed E-state index contributed by atoms with van der Waals surface area (Å²) in [5.41, 5.74) is -0.204. The summed E-state index contributed by atoms with van der Waals surface area (Å²) in [5.74, 6) is -1.24. The first-order valence-corrected chi connectivity index (χ1v) is 8.43. The standard InChI is InChI=1S/C13H17ClN2O4S/c1-2-15-5-7-16(8-6-15)21(19,20)10-3-4-12(14)11(9-10)13(17)18/h3-4,9H,2,5-8H2,1H3,(H,17,18). The summed E-state index contributed by atoms with van der Waals surface area (Å²) in [6, 6.07) is 3.77. The number of aromatic carboxylic acids is 1. The molecule has 1 fully saturated rings. The molecule has 0 aromatic heterocycles. The summed E-state index contributed by atoms with van der Waals surface area (Å²) >= 11 is 5.77. The van der Waals surface area contributed by atoms with Crippen LogP contribution in [0.5, 0.6) is 0 Å². The van der Waals surface area contributed by atoms with Gasteiger partial charge in [0.2, 0.25) is 10.0 Å². The van der Waals surface area contributed by atoms with Crippen molar-refractivity contribution in [3.05, 3.63) is 28.8 Å². The van der Waals surface area contributed by atoms with Crippen molar-refractivity contribution in [2.24, 2.45) is 0 Å². The van der Waals surface area contributed by atoms with Crippen LogP contribution in [0.15, 0.2) is 23.1 Å². The molecule has 1 heterocycles. The van der Waals surface area contributed by atoms with Gasteiger partial charge in [0.05, 0.1) is 15.5 Å². The van der Waals surface area contributed by atoms with Crippen LogP contribution in [0.2, 0.25) is 5.02 Å². The van der Waals surface area contributed by atoms with E-state index in [-0.39, 0.29) is 15.5 Å². The number of nitrogens with zero attached hydrogens (tertiary/aromatic N) is 2. The van der Waals surface area contributed by atoms with Gasteiger partial charge in [0.15, 0.2) is 0 Å². The lowest BCUT2D eigenvalue weighted by Gasteiger charge is -2.33. The van der Waals surface area contributed by atoms with E-state index in [1.165, 1.54) is 16.4 Å². The smallest absolute Gasteiger partial charge is 0.337 e. The summed E-state index contributed by atoms with van der Waals surface area (Å²) in [7, 11) is -3.68. The van der Waals surface area contributed by atoms with E-state index in [1.807, 2.05) is 6.92 Å². The van der Waals surface area contributed by atoms with Crippen LogP contribution in [0, 0.1) is 0 Å². The highest BCUT2D eigenvalue weighted by Gasteiger charge is 2.29. The molecular formula is C13H17ClN2O4S. The Morgan fingerprint density at radius 2 is 1.90 bits per heavy atom. The second-order valence-corrected chi connectivity index (χ2v) is 7.13. The molecule has 116 valence electrons. The van der Waals surface area contributed by atoms with Crippen molar-refractivity contribution in [3.63, 3.8) is 0 Å². The van der Waals surface area contributed by atoms with Gasteiger partial charge in [-0.25, -0.2) is 13.2 Å². The lowest BCUT2D eigenvalue weighted by molar-refractivity contribution is 0.0697.